The number of nitrogens with one attached hydrogen (secondary N) is 2. The first kappa shape index (κ1) is 23.0. The standard InChI is InChI=1S/C23H14Cl3N5OS2/c1-11-2-5-13(6-3-11)31-29-17-9-15(25)16(10-18(17)30-31)27-23(33)28-22(32)21-20(26)14-7-4-12(24)8-19(14)34-21/h2-10H,1H3,(H2,27,28,32,33). The number of hydrogen-bond donors (Lipinski definition) is 2. The minimum absolute atomic E-state index is 0.0729. The molecule has 2 heterocycles. The summed E-state index contributed by atoms with van der Waals surface area (Å²) < 4.78 is 0.812. The van der Waals surface area contributed by atoms with Crippen LogP contribution in [0.5, 0.6) is 0 Å². The molecule has 3 aromatic carbocycles. The summed E-state index contributed by atoms with van der Waals surface area (Å²) in [6.45, 7) is 2.01. The number of rotatable bonds is 3. The van der Waals surface area contributed by atoms with Gasteiger partial charge in [-0.25, -0.2) is 0 Å². The molecule has 0 atom stereocenters. The Morgan fingerprint density at radius 3 is 2.44 bits per heavy atom. The topological polar surface area (TPSA) is 71.8 Å². The summed E-state index contributed by atoms with van der Waals surface area (Å²) >= 11 is 25.4. The number of anilines is 1. The molecule has 0 aliphatic heterocycles. The van der Waals surface area contributed by atoms with Crippen LogP contribution in [0, 0.1) is 6.92 Å². The Kier molecular flexibility index (Phi) is 6.18. The van der Waals surface area contributed by atoms with Crippen LogP contribution in [0.1, 0.15) is 15.2 Å². The lowest BCUT2D eigenvalue weighted by molar-refractivity contribution is 0.0982. The van der Waals surface area contributed by atoms with E-state index in [4.69, 9.17) is 47.0 Å². The molecule has 0 aliphatic rings. The Bertz CT molecular complexity index is 1590. The Labute approximate surface area is 218 Å². The van der Waals surface area contributed by atoms with Gasteiger partial charge in [-0.3, -0.25) is 10.1 Å². The molecule has 0 saturated heterocycles. The molecule has 2 N–H and O–H groups in total. The van der Waals surface area contributed by atoms with E-state index in [-0.39, 0.29) is 5.11 Å². The molecule has 34 heavy (non-hydrogen) atoms. The number of halogens is 3. The van der Waals surface area contributed by atoms with Crippen LogP contribution in [-0.4, -0.2) is 26.0 Å². The van der Waals surface area contributed by atoms with Crippen LogP contribution >= 0.6 is 58.4 Å². The van der Waals surface area contributed by atoms with E-state index in [0.29, 0.717) is 36.7 Å². The van der Waals surface area contributed by atoms with Gasteiger partial charge in [-0.15, -0.1) is 21.5 Å². The normalized spacial score (nSPS) is 11.2. The maximum atomic E-state index is 12.8. The van der Waals surface area contributed by atoms with Crippen LogP contribution in [0.15, 0.2) is 54.6 Å². The minimum atomic E-state index is -0.428. The lowest BCUT2D eigenvalue weighted by Crippen LogP contribution is -2.33. The van der Waals surface area contributed by atoms with Crippen LogP contribution in [0.4, 0.5) is 5.69 Å². The van der Waals surface area contributed by atoms with E-state index in [0.717, 1.165) is 21.3 Å². The van der Waals surface area contributed by atoms with Gasteiger partial charge in [0.05, 0.1) is 21.4 Å². The lowest BCUT2D eigenvalue weighted by atomic mass is 10.2. The second-order valence-corrected chi connectivity index (χ2v) is 10.1. The number of thiophene rings is 1. The molecule has 0 radical (unpaired) electrons. The van der Waals surface area contributed by atoms with Gasteiger partial charge in [0.2, 0.25) is 0 Å². The molecule has 0 unspecified atom stereocenters. The summed E-state index contributed by atoms with van der Waals surface area (Å²) in [6.07, 6.45) is 0. The molecule has 2 aromatic heterocycles. The second kappa shape index (κ2) is 9.13. The smallest absolute Gasteiger partial charge is 0.269 e. The van der Waals surface area contributed by atoms with Crippen molar-refractivity contribution in [1.82, 2.24) is 20.3 Å². The number of hydrogen-bond acceptors (Lipinski definition) is 5. The fourth-order valence-electron chi connectivity index (χ4n) is 3.33. The van der Waals surface area contributed by atoms with Gasteiger partial charge in [0.1, 0.15) is 15.9 Å². The second-order valence-electron chi connectivity index (χ2n) is 7.44. The SMILES string of the molecule is Cc1ccc(-n2nc3cc(Cl)c(NC(=S)NC(=O)c4sc5cc(Cl)ccc5c4Cl)cc3n2)cc1. The molecule has 11 heteroatoms. The van der Waals surface area contributed by atoms with Crippen molar-refractivity contribution in [3.63, 3.8) is 0 Å². The van der Waals surface area contributed by atoms with Crippen LogP contribution in [0.3, 0.4) is 0 Å². The number of nitrogens with zero attached hydrogens (tertiary/aromatic N) is 3. The Morgan fingerprint density at radius 1 is 1.00 bits per heavy atom. The van der Waals surface area contributed by atoms with Crippen molar-refractivity contribution in [3.8, 4) is 5.69 Å². The molecular formula is C23H14Cl3N5OS2. The highest BCUT2D eigenvalue weighted by Gasteiger charge is 2.19. The fraction of sp³-hybridized carbons (Fsp3) is 0.0435. The van der Waals surface area contributed by atoms with E-state index >= 15 is 0 Å². The van der Waals surface area contributed by atoms with Gasteiger partial charge in [-0.1, -0.05) is 58.6 Å². The summed E-state index contributed by atoms with van der Waals surface area (Å²) in [6, 6.07) is 16.5. The maximum Gasteiger partial charge on any atom is 0.269 e. The van der Waals surface area contributed by atoms with Crippen LogP contribution in [0.2, 0.25) is 15.1 Å². The highest BCUT2D eigenvalue weighted by Crippen LogP contribution is 2.36. The first-order valence-electron chi connectivity index (χ1n) is 9.92. The molecule has 0 bridgehead atoms. The van der Waals surface area contributed by atoms with Gasteiger partial charge in [0.15, 0.2) is 5.11 Å². The quantitative estimate of drug-likeness (QED) is 0.238. The average Bonchev–Trinajstić information content (AvgIpc) is 3.34. The summed E-state index contributed by atoms with van der Waals surface area (Å²) in [5.74, 6) is -0.428. The highest BCUT2D eigenvalue weighted by atomic mass is 35.5. The zero-order valence-corrected chi connectivity index (χ0v) is 21.3. The summed E-state index contributed by atoms with van der Waals surface area (Å²) in [7, 11) is 0. The van der Waals surface area contributed by atoms with Crippen LogP contribution in [-0.2, 0) is 0 Å². The highest BCUT2D eigenvalue weighted by molar-refractivity contribution is 7.80. The zero-order chi connectivity index (χ0) is 24.0. The number of thiocarbonyl (C=S) groups is 1. The Morgan fingerprint density at radius 2 is 1.71 bits per heavy atom. The first-order valence-corrected chi connectivity index (χ1v) is 12.3. The third kappa shape index (κ3) is 4.47. The van der Waals surface area contributed by atoms with E-state index in [1.165, 1.54) is 11.3 Å². The van der Waals surface area contributed by atoms with Crippen molar-refractivity contribution < 1.29 is 4.79 Å². The van der Waals surface area contributed by atoms with E-state index in [1.807, 2.05) is 31.2 Å². The first-order chi connectivity index (χ1) is 16.3. The summed E-state index contributed by atoms with van der Waals surface area (Å²) in [5, 5.41) is 16.7. The van der Waals surface area contributed by atoms with E-state index in [1.54, 1.807) is 35.1 Å². The average molecular weight is 547 g/mol. The number of benzene rings is 3. The number of carbonyl (C=O) groups is 1. The molecule has 5 aromatic rings. The predicted molar refractivity (Wildman–Crippen MR) is 144 cm³/mol. The van der Waals surface area contributed by atoms with Crippen LogP contribution in [0.25, 0.3) is 26.8 Å². The van der Waals surface area contributed by atoms with Gasteiger partial charge in [-0.05, 0) is 55.5 Å². The molecular weight excluding hydrogens is 533 g/mol. The zero-order valence-electron chi connectivity index (χ0n) is 17.4. The summed E-state index contributed by atoms with van der Waals surface area (Å²) in [4.78, 5) is 14.7. The number of fused-ring (bicyclic) bond motifs is 2. The molecule has 6 nitrogen and oxygen atoms in total. The molecule has 0 aliphatic carbocycles. The molecule has 170 valence electrons. The van der Waals surface area contributed by atoms with Gasteiger partial charge < -0.3 is 5.32 Å². The van der Waals surface area contributed by atoms with Crippen LogP contribution < -0.4 is 10.6 Å². The van der Waals surface area contributed by atoms with Crippen molar-refractivity contribution in [2.24, 2.45) is 0 Å². The largest absolute Gasteiger partial charge is 0.331 e. The Hall–Kier alpha value is -2.75. The van der Waals surface area contributed by atoms with Gasteiger partial charge in [0.25, 0.3) is 5.91 Å². The summed E-state index contributed by atoms with van der Waals surface area (Å²) in [5.41, 5.74) is 3.71. The number of aryl methyl sites for hydroxylation is 1. The monoisotopic (exact) mass is 545 g/mol. The van der Waals surface area contributed by atoms with Crippen molar-refractivity contribution in [2.75, 3.05) is 5.32 Å². The molecule has 0 saturated carbocycles. The van der Waals surface area contributed by atoms with Gasteiger partial charge in [-0.2, -0.15) is 4.80 Å². The van der Waals surface area contributed by atoms with Gasteiger partial charge in [0, 0.05) is 15.1 Å². The Balaban J connectivity index is 1.36. The fourth-order valence-corrected chi connectivity index (χ4v) is 5.42. The maximum absolute atomic E-state index is 12.8. The molecule has 1 amide bonds. The molecule has 0 spiro atoms. The third-order valence-corrected chi connectivity index (χ3v) is 7.41. The predicted octanol–water partition coefficient (Wildman–Crippen LogP) is 7.03. The van der Waals surface area contributed by atoms with E-state index in [2.05, 4.69) is 20.8 Å². The van der Waals surface area contributed by atoms with Crippen molar-refractivity contribution in [3.05, 3.63) is 80.1 Å². The van der Waals surface area contributed by atoms with Gasteiger partial charge >= 0.3 is 0 Å². The van der Waals surface area contributed by atoms with E-state index in [9.17, 15) is 4.79 Å². The third-order valence-electron chi connectivity index (χ3n) is 5.01. The lowest BCUT2D eigenvalue weighted by Gasteiger charge is -2.10. The van der Waals surface area contributed by atoms with Crippen molar-refractivity contribution in [1.29, 1.82) is 0 Å². The van der Waals surface area contributed by atoms with Crippen molar-refractivity contribution >= 4 is 96.2 Å². The van der Waals surface area contributed by atoms with Crippen molar-refractivity contribution in [2.45, 2.75) is 6.92 Å². The van der Waals surface area contributed by atoms with E-state index < -0.39 is 5.91 Å². The molecule has 0 fully saturated rings. The number of carbonyl (C=O) groups excluding carboxylic acids is 1. The molecule has 5 rings (SSSR count). The number of amides is 1. The minimum Gasteiger partial charge on any atom is -0.331 e. The number of aromatic nitrogens is 3.